The van der Waals surface area contributed by atoms with Gasteiger partial charge in [-0.15, -0.1) is 11.3 Å². The van der Waals surface area contributed by atoms with Crippen LogP contribution in [0, 0.1) is 0 Å². The third-order valence-corrected chi connectivity index (χ3v) is 3.81. The number of hydrogen-bond donors (Lipinski definition) is 2. The maximum Gasteiger partial charge on any atom is 0.309 e. The number of carboxylic acid groups (broad SMARTS) is 1. The first-order valence-corrected chi connectivity index (χ1v) is 7.52. The first-order chi connectivity index (χ1) is 10.5. The van der Waals surface area contributed by atoms with E-state index in [1.807, 2.05) is 0 Å². The van der Waals surface area contributed by atoms with Crippen LogP contribution < -0.4 is 10.1 Å². The molecule has 0 atom stereocenters. The number of halogens is 1. The van der Waals surface area contributed by atoms with Gasteiger partial charge in [0, 0.05) is 10.4 Å². The Labute approximate surface area is 135 Å². The van der Waals surface area contributed by atoms with Gasteiger partial charge in [0.1, 0.15) is 10.8 Å². The molecule has 8 heteroatoms. The average Bonchev–Trinajstić information content (AvgIpc) is 2.85. The Bertz CT molecular complexity index is 702. The molecular formula is C14H13ClN2O4S. The van der Waals surface area contributed by atoms with Gasteiger partial charge in [0.15, 0.2) is 0 Å². The molecule has 0 spiro atoms. The maximum absolute atomic E-state index is 12.0. The lowest BCUT2D eigenvalue weighted by Crippen LogP contribution is -2.15. The Kier molecular flexibility index (Phi) is 5.35. The number of methoxy groups -OCH3 is 1. The van der Waals surface area contributed by atoms with Gasteiger partial charge in [-0.2, -0.15) is 0 Å². The van der Waals surface area contributed by atoms with Gasteiger partial charge in [-0.25, -0.2) is 4.98 Å². The van der Waals surface area contributed by atoms with Crippen LogP contribution in [0.4, 0.5) is 5.69 Å². The molecular weight excluding hydrogens is 328 g/mol. The van der Waals surface area contributed by atoms with Crippen LogP contribution in [-0.2, 0) is 22.4 Å². The highest BCUT2D eigenvalue weighted by Crippen LogP contribution is 2.27. The largest absolute Gasteiger partial charge is 0.495 e. The highest BCUT2D eigenvalue weighted by atomic mass is 35.5. The highest BCUT2D eigenvalue weighted by molar-refractivity contribution is 7.09. The molecule has 0 aliphatic heterocycles. The molecule has 1 heterocycles. The van der Waals surface area contributed by atoms with Crippen LogP contribution in [0.15, 0.2) is 23.6 Å². The minimum atomic E-state index is -0.954. The SMILES string of the molecule is COc1ccc(Cl)cc1NC(=O)Cc1nc(CC(=O)O)cs1. The Balaban J connectivity index is 2.02. The zero-order chi connectivity index (χ0) is 16.1. The number of benzene rings is 1. The summed E-state index contributed by atoms with van der Waals surface area (Å²) in [7, 11) is 1.50. The van der Waals surface area contributed by atoms with E-state index >= 15 is 0 Å². The van der Waals surface area contributed by atoms with E-state index in [1.54, 1.807) is 23.6 Å². The summed E-state index contributed by atoms with van der Waals surface area (Å²) in [6.07, 6.45) is -0.0970. The second kappa shape index (κ2) is 7.24. The second-order valence-electron chi connectivity index (χ2n) is 4.37. The van der Waals surface area contributed by atoms with Gasteiger partial charge in [0.05, 0.1) is 31.3 Å². The van der Waals surface area contributed by atoms with Crippen molar-refractivity contribution >= 4 is 40.5 Å². The summed E-state index contributed by atoms with van der Waals surface area (Å²) in [5, 5.41) is 14.1. The van der Waals surface area contributed by atoms with E-state index in [1.165, 1.54) is 18.4 Å². The number of ether oxygens (including phenoxy) is 1. The van der Waals surface area contributed by atoms with E-state index in [0.29, 0.717) is 27.2 Å². The molecule has 0 radical (unpaired) electrons. The maximum atomic E-state index is 12.0. The number of nitrogens with zero attached hydrogens (tertiary/aromatic N) is 1. The molecule has 0 saturated heterocycles. The summed E-state index contributed by atoms with van der Waals surface area (Å²) in [5.74, 6) is -0.731. The summed E-state index contributed by atoms with van der Waals surface area (Å²) in [4.78, 5) is 26.7. The topological polar surface area (TPSA) is 88.5 Å². The number of nitrogens with one attached hydrogen (secondary N) is 1. The van der Waals surface area contributed by atoms with Crippen molar-refractivity contribution in [1.29, 1.82) is 0 Å². The van der Waals surface area contributed by atoms with Gasteiger partial charge in [-0.3, -0.25) is 9.59 Å². The van der Waals surface area contributed by atoms with Crippen LogP contribution in [-0.4, -0.2) is 29.1 Å². The van der Waals surface area contributed by atoms with Crippen molar-refractivity contribution in [3.63, 3.8) is 0 Å². The predicted molar refractivity (Wildman–Crippen MR) is 83.8 cm³/mol. The zero-order valence-corrected chi connectivity index (χ0v) is 13.2. The number of carbonyl (C=O) groups is 2. The molecule has 1 aromatic heterocycles. The zero-order valence-electron chi connectivity index (χ0n) is 11.6. The molecule has 22 heavy (non-hydrogen) atoms. The first kappa shape index (κ1) is 16.3. The quantitative estimate of drug-likeness (QED) is 0.843. The fourth-order valence-corrected chi connectivity index (χ4v) is 2.74. The standard InChI is InChI=1S/C14H13ClN2O4S/c1-21-11-3-2-8(15)4-10(11)17-12(18)6-13-16-9(7-22-13)5-14(19)20/h2-4,7H,5-6H2,1H3,(H,17,18)(H,19,20). The van der Waals surface area contributed by atoms with E-state index in [9.17, 15) is 9.59 Å². The fourth-order valence-electron chi connectivity index (χ4n) is 1.78. The average molecular weight is 341 g/mol. The van der Waals surface area contributed by atoms with Crippen LogP contribution in [0.2, 0.25) is 5.02 Å². The van der Waals surface area contributed by atoms with Gasteiger partial charge < -0.3 is 15.2 Å². The van der Waals surface area contributed by atoms with Gasteiger partial charge in [-0.05, 0) is 18.2 Å². The van der Waals surface area contributed by atoms with Crippen LogP contribution >= 0.6 is 22.9 Å². The Morgan fingerprint density at radius 2 is 2.18 bits per heavy atom. The molecule has 6 nitrogen and oxygen atoms in total. The van der Waals surface area contributed by atoms with Gasteiger partial charge in [0.25, 0.3) is 0 Å². The molecule has 116 valence electrons. The number of aliphatic carboxylic acids is 1. The molecule has 1 amide bonds. The van der Waals surface area contributed by atoms with Gasteiger partial charge >= 0.3 is 5.97 Å². The molecule has 2 rings (SSSR count). The van der Waals surface area contributed by atoms with Crippen LogP contribution in [0.5, 0.6) is 5.75 Å². The number of carboxylic acids is 1. The van der Waals surface area contributed by atoms with E-state index in [4.69, 9.17) is 21.4 Å². The van der Waals surface area contributed by atoms with Crippen molar-refractivity contribution < 1.29 is 19.4 Å². The minimum Gasteiger partial charge on any atom is -0.495 e. The molecule has 0 bridgehead atoms. The summed E-state index contributed by atoms with van der Waals surface area (Å²) in [5.41, 5.74) is 0.919. The fraction of sp³-hybridized carbons (Fsp3) is 0.214. The lowest BCUT2D eigenvalue weighted by molar-refractivity contribution is -0.136. The van der Waals surface area contributed by atoms with Crippen LogP contribution in [0.25, 0.3) is 0 Å². The molecule has 0 unspecified atom stereocenters. The van der Waals surface area contributed by atoms with E-state index < -0.39 is 5.97 Å². The number of rotatable bonds is 6. The lowest BCUT2D eigenvalue weighted by atomic mass is 10.2. The van der Waals surface area contributed by atoms with E-state index in [2.05, 4.69) is 10.3 Å². The third kappa shape index (κ3) is 4.44. The third-order valence-electron chi connectivity index (χ3n) is 2.68. The molecule has 0 saturated carbocycles. The predicted octanol–water partition coefficient (Wildman–Crippen LogP) is 2.61. The lowest BCUT2D eigenvalue weighted by Gasteiger charge is -2.09. The van der Waals surface area contributed by atoms with Crippen molar-refractivity contribution in [2.75, 3.05) is 12.4 Å². The molecule has 2 aromatic rings. The van der Waals surface area contributed by atoms with E-state index in [-0.39, 0.29) is 18.7 Å². The summed E-state index contributed by atoms with van der Waals surface area (Å²) in [6.45, 7) is 0. The van der Waals surface area contributed by atoms with Crippen LogP contribution in [0.1, 0.15) is 10.7 Å². The second-order valence-corrected chi connectivity index (χ2v) is 5.75. The van der Waals surface area contributed by atoms with Crippen LogP contribution in [0.3, 0.4) is 0 Å². The summed E-state index contributed by atoms with van der Waals surface area (Å²) < 4.78 is 5.15. The van der Waals surface area contributed by atoms with E-state index in [0.717, 1.165) is 0 Å². The van der Waals surface area contributed by atoms with Gasteiger partial charge in [0.2, 0.25) is 5.91 Å². The Morgan fingerprint density at radius 1 is 1.41 bits per heavy atom. The van der Waals surface area contributed by atoms with Crippen molar-refractivity contribution in [3.05, 3.63) is 39.3 Å². The Hall–Kier alpha value is -2.12. The highest BCUT2D eigenvalue weighted by Gasteiger charge is 2.12. The monoisotopic (exact) mass is 340 g/mol. The number of carbonyl (C=O) groups excluding carboxylic acids is 1. The normalized spacial score (nSPS) is 10.3. The summed E-state index contributed by atoms with van der Waals surface area (Å²) in [6, 6.07) is 4.91. The molecule has 1 aromatic carbocycles. The van der Waals surface area contributed by atoms with Crippen molar-refractivity contribution in [2.24, 2.45) is 0 Å². The number of aromatic nitrogens is 1. The number of anilines is 1. The number of thiazole rings is 1. The van der Waals surface area contributed by atoms with Crippen molar-refractivity contribution in [3.8, 4) is 5.75 Å². The number of hydrogen-bond acceptors (Lipinski definition) is 5. The van der Waals surface area contributed by atoms with Gasteiger partial charge in [-0.1, -0.05) is 11.6 Å². The summed E-state index contributed by atoms with van der Waals surface area (Å²) >= 11 is 7.15. The minimum absolute atomic E-state index is 0.0555. The number of amides is 1. The molecule has 0 aliphatic carbocycles. The Morgan fingerprint density at radius 3 is 2.86 bits per heavy atom. The molecule has 2 N–H and O–H groups in total. The molecule has 0 fully saturated rings. The van der Waals surface area contributed by atoms with Crippen molar-refractivity contribution in [1.82, 2.24) is 4.98 Å². The van der Waals surface area contributed by atoms with Crippen molar-refractivity contribution in [2.45, 2.75) is 12.8 Å². The first-order valence-electron chi connectivity index (χ1n) is 6.26. The molecule has 0 aliphatic rings. The smallest absolute Gasteiger partial charge is 0.309 e.